The first kappa shape index (κ1) is 21.9. The predicted molar refractivity (Wildman–Crippen MR) is 133 cm³/mol. The van der Waals surface area contributed by atoms with Gasteiger partial charge >= 0.3 is 0 Å². The van der Waals surface area contributed by atoms with Crippen LogP contribution in [0.15, 0.2) is 71.5 Å². The molecule has 170 valence electrons. The summed E-state index contributed by atoms with van der Waals surface area (Å²) in [6.45, 7) is 2.42. The summed E-state index contributed by atoms with van der Waals surface area (Å²) in [5.41, 5.74) is 2.72. The molecule has 0 bridgehead atoms. The summed E-state index contributed by atoms with van der Waals surface area (Å²) in [5, 5.41) is 3.76. The Kier molecular flexibility index (Phi) is 5.63. The third-order valence-corrected chi connectivity index (χ3v) is 6.20. The number of carbonyl (C=O) groups is 2. The third-order valence-electron chi connectivity index (χ3n) is 5.90. The van der Waals surface area contributed by atoms with E-state index in [1.54, 1.807) is 66.4 Å². The van der Waals surface area contributed by atoms with Gasteiger partial charge in [-0.2, -0.15) is 0 Å². The van der Waals surface area contributed by atoms with Gasteiger partial charge in [0, 0.05) is 24.2 Å². The molecule has 8 heteroatoms. The Morgan fingerprint density at radius 1 is 1.03 bits per heavy atom. The molecule has 0 unspecified atom stereocenters. The van der Waals surface area contributed by atoms with Crippen LogP contribution in [-0.4, -0.2) is 27.9 Å². The largest absolute Gasteiger partial charge is 0.322 e. The Morgan fingerprint density at radius 2 is 1.79 bits per heavy atom. The highest BCUT2D eigenvalue weighted by Crippen LogP contribution is 2.31. The van der Waals surface area contributed by atoms with E-state index < -0.39 is 0 Å². The molecular weight excluding hydrogens is 452 g/mol. The maximum atomic E-state index is 13.0. The molecular formula is C26H21ClN4O3. The molecule has 0 aliphatic carbocycles. The van der Waals surface area contributed by atoms with Crippen LogP contribution in [0.4, 0.5) is 11.4 Å². The number of para-hydroxylation sites is 1. The second-order valence-electron chi connectivity index (χ2n) is 8.13. The monoisotopic (exact) mass is 472 g/mol. The molecule has 1 aliphatic rings. The van der Waals surface area contributed by atoms with E-state index in [9.17, 15) is 14.4 Å². The molecule has 2 amide bonds. The smallest absolute Gasteiger partial charge is 0.265 e. The van der Waals surface area contributed by atoms with Gasteiger partial charge in [0.1, 0.15) is 5.82 Å². The van der Waals surface area contributed by atoms with Crippen LogP contribution >= 0.6 is 11.6 Å². The predicted octanol–water partition coefficient (Wildman–Crippen LogP) is 4.73. The number of benzene rings is 3. The fourth-order valence-corrected chi connectivity index (χ4v) is 4.50. The van der Waals surface area contributed by atoms with Crippen molar-refractivity contribution in [1.29, 1.82) is 0 Å². The zero-order chi connectivity index (χ0) is 23.8. The molecule has 1 aliphatic heterocycles. The molecule has 5 rings (SSSR count). The molecule has 1 aromatic heterocycles. The van der Waals surface area contributed by atoms with Crippen LogP contribution in [0.3, 0.4) is 0 Å². The zero-order valence-electron chi connectivity index (χ0n) is 18.4. The Labute approximate surface area is 200 Å². The standard InChI is InChI=1S/C26H21ClN4O3/c1-16-28-22-6-3-2-5-20(22)26(34)31(16)19-11-8-17(9-12-19)25(33)29-18-10-13-23(21(27)15-18)30-14-4-7-24(30)32/h2-3,5-6,8-13,15H,4,7,14H2,1H3,(H,29,33). The van der Waals surface area contributed by atoms with Crippen LogP contribution in [0.5, 0.6) is 0 Å². The molecule has 1 fully saturated rings. The van der Waals surface area contributed by atoms with Gasteiger partial charge in [-0.25, -0.2) is 4.98 Å². The van der Waals surface area contributed by atoms with Gasteiger partial charge < -0.3 is 10.2 Å². The third kappa shape index (κ3) is 3.95. The summed E-state index contributed by atoms with van der Waals surface area (Å²) >= 11 is 6.38. The van der Waals surface area contributed by atoms with Gasteiger partial charge in [0.15, 0.2) is 0 Å². The second kappa shape index (κ2) is 8.76. The van der Waals surface area contributed by atoms with E-state index in [0.717, 1.165) is 6.42 Å². The summed E-state index contributed by atoms with van der Waals surface area (Å²) in [6.07, 6.45) is 1.33. The summed E-state index contributed by atoms with van der Waals surface area (Å²) < 4.78 is 1.53. The Balaban J connectivity index is 1.37. The highest BCUT2D eigenvalue weighted by atomic mass is 35.5. The first-order valence-electron chi connectivity index (χ1n) is 10.9. The molecule has 7 nitrogen and oxygen atoms in total. The van der Waals surface area contributed by atoms with Crippen molar-refractivity contribution in [3.05, 3.63) is 93.5 Å². The van der Waals surface area contributed by atoms with Gasteiger partial charge in [0.25, 0.3) is 11.5 Å². The normalized spacial score (nSPS) is 13.5. The van der Waals surface area contributed by atoms with E-state index >= 15 is 0 Å². The number of rotatable bonds is 4. The number of nitrogens with one attached hydrogen (secondary N) is 1. The van der Waals surface area contributed by atoms with Crippen LogP contribution < -0.4 is 15.8 Å². The summed E-state index contributed by atoms with van der Waals surface area (Å²) in [7, 11) is 0. The molecule has 0 radical (unpaired) electrons. The van der Waals surface area contributed by atoms with Crippen LogP contribution in [0.2, 0.25) is 5.02 Å². The van der Waals surface area contributed by atoms with E-state index in [2.05, 4.69) is 10.3 Å². The van der Waals surface area contributed by atoms with Crippen LogP contribution in [-0.2, 0) is 4.79 Å². The maximum absolute atomic E-state index is 13.0. The number of amides is 2. The van der Waals surface area contributed by atoms with Gasteiger partial charge in [-0.3, -0.25) is 19.0 Å². The maximum Gasteiger partial charge on any atom is 0.265 e. The fourth-order valence-electron chi connectivity index (χ4n) is 4.22. The quantitative estimate of drug-likeness (QED) is 0.465. The summed E-state index contributed by atoms with van der Waals surface area (Å²) in [4.78, 5) is 43.9. The van der Waals surface area contributed by atoms with Crippen LogP contribution in [0.1, 0.15) is 29.0 Å². The van der Waals surface area contributed by atoms with Crippen molar-refractivity contribution in [2.75, 3.05) is 16.8 Å². The van der Waals surface area contributed by atoms with Crippen molar-refractivity contribution in [2.45, 2.75) is 19.8 Å². The average molecular weight is 473 g/mol. The fraction of sp³-hybridized carbons (Fsp3) is 0.154. The van der Waals surface area contributed by atoms with Crippen molar-refractivity contribution in [3.63, 3.8) is 0 Å². The molecule has 3 aromatic carbocycles. The highest BCUT2D eigenvalue weighted by Gasteiger charge is 2.23. The molecule has 0 spiro atoms. The lowest BCUT2D eigenvalue weighted by molar-refractivity contribution is -0.117. The van der Waals surface area contributed by atoms with Gasteiger partial charge in [0.05, 0.1) is 27.3 Å². The van der Waals surface area contributed by atoms with E-state index in [1.807, 2.05) is 12.1 Å². The molecule has 1 N–H and O–H groups in total. The number of hydrogen-bond acceptors (Lipinski definition) is 4. The zero-order valence-corrected chi connectivity index (χ0v) is 19.2. The average Bonchev–Trinajstić information content (AvgIpc) is 3.25. The van der Waals surface area contributed by atoms with E-state index in [1.165, 1.54) is 4.57 Å². The van der Waals surface area contributed by atoms with Crippen LogP contribution in [0.25, 0.3) is 16.6 Å². The lowest BCUT2D eigenvalue weighted by Crippen LogP contribution is -2.24. The molecule has 4 aromatic rings. The Bertz CT molecular complexity index is 1490. The number of nitrogens with zero attached hydrogens (tertiary/aromatic N) is 3. The van der Waals surface area contributed by atoms with Crippen LogP contribution in [0, 0.1) is 6.92 Å². The molecule has 34 heavy (non-hydrogen) atoms. The SMILES string of the molecule is Cc1nc2ccccc2c(=O)n1-c1ccc(C(=O)Nc2ccc(N3CCCC3=O)c(Cl)c2)cc1. The number of anilines is 2. The Hall–Kier alpha value is -3.97. The van der Waals surface area contributed by atoms with E-state index in [0.29, 0.717) is 57.3 Å². The summed E-state index contributed by atoms with van der Waals surface area (Å²) in [6, 6.07) is 19.1. The van der Waals surface area contributed by atoms with E-state index in [-0.39, 0.29) is 17.4 Å². The van der Waals surface area contributed by atoms with Crippen molar-refractivity contribution in [2.24, 2.45) is 0 Å². The van der Waals surface area contributed by atoms with Gasteiger partial charge in [-0.15, -0.1) is 0 Å². The van der Waals surface area contributed by atoms with Crippen molar-refractivity contribution in [1.82, 2.24) is 9.55 Å². The first-order chi connectivity index (χ1) is 16.4. The number of halogens is 1. The van der Waals surface area contributed by atoms with Crippen molar-refractivity contribution >= 4 is 45.7 Å². The minimum Gasteiger partial charge on any atom is -0.322 e. The molecule has 0 saturated carbocycles. The number of carbonyl (C=O) groups excluding carboxylic acids is 2. The number of fused-ring (bicyclic) bond motifs is 1. The minimum absolute atomic E-state index is 0.0507. The number of hydrogen-bond donors (Lipinski definition) is 1. The van der Waals surface area contributed by atoms with Gasteiger partial charge in [-0.1, -0.05) is 23.7 Å². The molecule has 0 atom stereocenters. The Morgan fingerprint density at radius 3 is 2.50 bits per heavy atom. The molecule has 1 saturated heterocycles. The summed E-state index contributed by atoms with van der Waals surface area (Å²) in [5.74, 6) is 0.301. The van der Waals surface area contributed by atoms with E-state index in [4.69, 9.17) is 11.6 Å². The number of aryl methyl sites for hydroxylation is 1. The van der Waals surface area contributed by atoms with Gasteiger partial charge in [-0.05, 0) is 67.9 Å². The topological polar surface area (TPSA) is 84.3 Å². The second-order valence-corrected chi connectivity index (χ2v) is 8.54. The lowest BCUT2D eigenvalue weighted by Gasteiger charge is -2.18. The van der Waals surface area contributed by atoms with Gasteiger partial charge in [0.2, 0.25) is 5.91 Å². The first-order valence-corrected chi connectivity index (χ1v) is 11.3. The lowest BCUT2D eigenvalue weighted by atomic mass is 10.1. The highest BCUT2D eigenvalue weighted by molar-refractivity contribution is 6.34. The minimum atomic E-state index is -0.312. The molecule has 2 heterocycles. The van der Waals surface area contributed by atoms with Crippen molar-refractivity contribution in [3.8, 4) is 5.69 Å². The number of aromatic nitrogens is 2. The van der Waals surface area contributed by atoms with Crippen molar-refractivity contribution < 1.29 is 9.59 Å².